The molecule has 1 aliphatic heterocycles. The molecule has 1 aliphatic rings. The molecule has 1 fully saturated rings. The molecule has 0 aliphatic carbocycles. The third-order valence-corrected chi connectivity index (χ3v) is 4.97. The van der Waals surface area contributed by atoms with Gasteiger partial charge >= 0.3 is 0 Å². The van der Waals surface area contributed by atoms with Crippen LogP contribution in [0.3, 0.4) is 0 Å². The van der Waals surface area contributed by atoms with Gasteiger partial charge < -0.3 is 15.4 Å². The number of hydrogen-bond donors (Lipinski definition) is 2. The number of aliphatic imine (C=N–C) groups is 1. The summed E-state index contributed by atoms with van der Waals surface area (Å²) in [6, 6.07) is 8.45. The summed E-state index contributed by atoms with van der Waals surface area (Å²) in [7, 11) is 3.51. The summed E-state index contributed by atoms with van der Waals surface area (Å²) < 4.78 is 5.45. The summed E-state index contributed by atoms with van der Waals surface area (Å²) in [5.74, 6) is 0.788. The summed E-state index contributed by atoms with van der Waals surface area (Å²) in [6.07, 6.45) is 2.51. The van der Waals surface area contributed by atoms with Gasteiger partial charge in [0.1, 0.15) is 0 Å². The normalized spacial score (nSPS) is 16.9. The average molecular weight is 495 g/mol. The first-order chi connectivity index (χ1) is 11.9. The number of nitrogens with zero attached hydrogens (tertiary/aromatic N) is 2. The van der Waals surface area contributed by atoms with Crippen LogP contribution in [-0.4, -0.2) is 56.8 Å². The fourth-order valence-corrected chi connectivity index (χ4v) is 3.21. The van der Waals surface area contributed by atoms with Gasteiger partial charge in [-0.2, -0.15) is 0 Å². The van der Waals surface area contributed by atoms with Crippen molar-refractivity contribution < 1.29 is 4.74 Å². The minimum Gasteiger partial charge on any atom is -0.377 e. The zero-order chi connectivity index (χ0) is 18.3. The van der Waals surface area contributed by atoms with Gasteiger partial charge in [-0.05, 0) is 57.5 Å². The minimum atomic E-state index is -0.237. The lowest BCUT2D eigenvalue weighted by Gasteiger charge is -2.30. The number of guanidine groups is 1. The van der Waals surface area contributed by atoms with Crippen molar-refractivity contribution in [3.63, 3.8) is 0 Å². The molecule has 26 heavy (non-hydrogen) atoms. The molecule has 1 saturated heterocycles. The number of likely N-dealkylation sites (tertiary alicyclic amines) is 1. The fourth-order valence-electron chi connectivity index (χ4n) is 3.01. The summed E-state index contributed by atoms with van der Waals surface area (Å²) in [5, 5.41) is 7.58. The van der Waals surface area contributed by atoms with Gasteiger partial charge in [0, 0.05) is 32.3 Å². The van der Waals surface area contributed by atoms with Crippen LogP contribution in [0.5, 0.6) is 0 Å². The highest BCUT2D eigenvalue weighted by Gasteiger charge is 2.24. The summed E-state index contributed by atoms with van der Waals surface area (Å²) in [5.41, 5.74) is 1.01. The maximum Gasteiger partial charge on any atom is 0.191 e. The third kappa shape index (κ3) is 7.21. The molecule has 148 valence electrons. The SMILES string of the molecule is CN=C(NCC(c1cccc(Cl)c1)N1CCCC1)NCC(C)(C)OC.I. The molecule has 0 aromatic heterocycles. The number of benzene rings is 1. The van der Waals surface area contributed by atoms with Gasteiger partial charge in [-0.3, -0.25) is 9.89 Å². The number of rotatable bonds is 7. The highest BCUT2D eigenvalue weighted by atomic mass is 127. The van der Waals surface area contributed by atoms with Crippen molar-refractivity contribution in [1.29, 1.82) is 0 Å². The van der Waals surface area contributed by atoms with E-state index in [-0.39, 0.29) is 35.6 Å². The second kappa shape index (κ2) is 11.3. The number of nitrogens with one attached hydrogen (secondary N) is 2. The van der Waals surface area contributed by atoms with Crippen LogP contribution in [0.2, 0.25) is 5.02 Å². The Morgan fingerprint density at radius 3 is 2.58 bits per heavy atom. The van der Waals surface area contributed by atoms with Crippen molar-refractivity contribution in [3.8, 4) is 0 Å². The van der Waals surface area contributed by atoms with E-state index >= 15 is 0 Å². The Morgan fingerprint density at radius 2 is 2.00 bits per heavy atom. The quantitative estimate of drug-likeness (QED) is 0.345. The van der Waals surface area contributed by atoms with Crippen LogP contribution in [0.1, 0.15) is 38.3 Å². The maximum atomic E-state index is 6.21. The first-order valence-electron chi connectivity index (χ1n) is 8.94. The monoisotopic (exact) mass is 494 g/mol. The van der Waals surface area contributed by atoms with E-state index in [9.17, 15) is 0 Å². The molecular weight excluding hydrogens is 463 g/mol. The zero-order valence-corrected chi connectivity index (χ0v) is 19.3. The molecule has 1 unspecified atom stereocenters. The molecule has 1 atom stereocenters. The van der Waals surface area contributed by atoms with Crippen molar-refractivity contribution in [2.75, 3.05) is 40.3 Å². The van der Waals surface area contributed by atoms with Gasteiger partial charge in [0.05, 0.1) is 11.6 Å². The smallest absolute Gasteiger partial charge is 0.191 e. The highest BCUT2D eigenvalue weighted by Crippen LogP contribution is 2.26. The molecule has 0 spiro atoms. The van der Waals surface area contributed by atoms with E-state index in [1.807, 2.05) is 26.0 Å². The van der Waals surface area contributed by atoms with Gasteiger partial charge in [0.25, 0.3) is 0 Å². The number of hydrogen-bond acceptors (Lipinski definition) is 3. The molecule has 0 amide bonds. The summed E-state index contributed by atoms with van der Waals surface area (Å²) >= 11 is 6.21. The molecule has 0 saturated carbocycles. The van der Waals surface area contributed by atoms with E-state index in [2.05, 4.69) is 32.7 Å². The Balaban J connectivity index is 0.00000338. The topological polar surface area (TPSA) is 48.9 Å². The predicted octanol–water partition coefficient (Wildman–Crippen LogP) is 3.68. The lowest BCUT2D eigenvalue weighted by molar-refractivity contribution is 0.0268. The van der Waals surface area contributed by atoms with Crippen LogP contribution in [0, 0.1) is 0 Å². The average Bonchev–Trinajstić information content (AvgIpc) is 3.12. The van der Waals surface area contributed by atoms with Crippen LogP contribution in [-0.2, 0) is 4.74 Å². The Morgan fingerprint density at radius 1 is 1.31 bits per heavy atom. The van der Waals surface area contributed by atoms with E-state index < -0.39 is 0 Å². The standard InChI is InChI=1S/C19H31ClN4O.HI/c1-19(2,25-4)14-23-18(21-3)22-13-17(24-10-5-6-11-24)15-8-7-9-16(20)12-15;/h7-9,12,17H,5-6,10-11,13-14H2,1-4H3,(H2,21,22,23);1H. The predicted molar refractivity (Wildman–Crippen MR) is 121 cm³/mol. The Bertz CT molecular complexity index is 576. The van der Waals surface area contributed by atoms with Crippen molar-refractivity contribution in [3.05, 3.63) is 34.9 Å². The van der Waals surface area contributed by atoms with Crippen LogP contribution in [0.15, 0.2) is 29.3 Å². The lowest BCUT2D eigenvalue weighted by Crippen LogP contribution is -2.47. The largest absolute Gasteiger partial charge is 0.377 e. The van der Waals surface area contributed by atoms with Crippen molar-refractivity contribution in [2.45, 2.75) is 38.3 Å². The van der Waals surface area contributed by atoms with E-state index in [0.29, 0.717) is 6.54 Å². The molecule has 1 heterocycles. The molecule has 0 bridgehead atoms. The maximum absolute atomic E-state index is 6.21. The zero-order valence-electron chi connectivity index (χ0n) is 16.2. The van der Waals surface area contributed by atoms with E-state index in [4.69, 9.17) is 16.3 Å². The summed E-state index contributed by atoms with van der Waals surface area (Å²) in [4.78, 5) is 6.85. The fraction of sp³-hybridized carbons (Fsp3) is 0.632. The van der Waals surface area contributed by atoms with Crippen LogP contribution in [0.4, 0.5) is 0 Å². The van der Waals surface area contributed by atoms with Gasteiger partial charge in [-0.1, -0.05) is 23.7 Å². The van der Waals surface area contributed by atoms with Crippen molar-refractivity contribution >= 4 is 41.5 Å². The van der Waals surface area contributed by atoms with Gasteiger partial charge in [-0.25, -0.2) is 0 Å². The third-order valence-electron chi connectivity index (χ3n) is 4.74. The second-order valence-corrected chi connectivity index (χ2v) is 7.52. The molecule has 1 aromatic carbocycles. The van der Waals surface area contributed by atoms with Crippen molar-refractivity contribution in [1.82, 2.24) is 15.5 Å². The highest BCUT2D eigenvalue weighted by molar-refractivity contribution is 14.0. The first kappa shape index (κ1) is 23.5. The molecular formula is C19H32ClIN4O. The molecule has 5 nitrogen and oxygen atoms in total. The number of ether oxygens (including phenoxy) is 1. The van der Waals surface area contributed by atoms with Gasteiger partial charge in [0.15, 0.2) is 5.96 Å². The van der Waals surface area contributed by atoms with Gasteiger partial charge in [0.2, 0.25) is 0 Å². The van der Waals surface area contributed by atoms with Crippen molar-refractivity contribution in [2.24, 2.45) is 4.99 Å². The molecule has 7 heteroatoms. The molecule has 1 aromatic rings. The molecule has 2 N–H and O–H groups in total. The number of methoxy groups -OCH3 is 1. The second-order valence-electron chi connectivity index (χ2n) is 7.08. The first-order valence-corrected chi connectivity index (χ1v) is 9.32. The summed E-state index contributed by atoms with van der Waals surface area (Å²) in [6.45, 7) is 7.82. The van der Waals surface area contributed by atoms with Crippen LogP contribution >= 0.6 is 35.6 Å². The Hall–Kier alpha value is -0.570. The lowest BCUT2D eigenvalue weighted by atomic mass is 10.1. The Kier molecular flexibility index (Phi) is 10.2. The Labute approximate surface area is 179 Å². The van der Waals surface area contributed by atoms with Gasteiger partial charge in [-0.15, -0.1) is 24.0 Å². The van der Waals surface area contributed by atoms with Crippen LogP contribution < -0.4 is 10.6 Å². The van der Waals surface area contributed by atoms with E-state index in [1.54, 1.807) is 14.2 Å². The minimum absolute atomic E-state index is 0. The molecule has 2 rings (SSSR count). The number of halogens is 2. The molecule has 0 radical (unpaired) electrons. The van der Waals surface area contributed by atoms with E-state index in [1.165, 1.54) is 18.4 Å². The van der Waals surface area contributed by atoms with E-state index in [0.717, 1.165) is 30.6 Å². The van der Waals surface area contributed by atoms with Crippen LogP contribution in [0.25, 0.3) is 0 Å².